The predicted molar refractivity (Wildman–Crippen MR) is 115 cm³/mol. The van der Waals surface area contributed by atoms with Gasteiger partial charge in [0.2, 0.25) is 10.0 Å². The smallest absolute Gasteiger partial charge is 0.251 e. The normalized spacial score (nSPS) is 18.6. The van der Waals surface area contributed by atoms with E-state index >= 15 is 0 Å². The fraction of sp³-hybridized carbons (Fsp3) is 0.435. The van der Waals surface area contributed by atoms with Gasteiger partial charge in [0.1, 0.15) is 10.6 Å². The molecule has 0 spiro atoms. The molecule has 0 bridgehead atoms. The van der Waals surface area contributed by atoms with Crippen molar-refractivity contribution in [1.82, 2.24) is 9.62 Å². The summed E-state index contributed by atoms with van der Waals surface area (Å²) in [6, 6.07) is 14.9. The van der Waals surface area contributed by atoms with Crippen LogP contribution in [0.15, 0.2) is 53.4 Å². The van der Waals surface area contributed by atoms with E-state index in [1.54, 1.807) is 12.1 Å². The summed E-state index contributed by atoms with van der Waals surface area (Å²) < 4.78 is 32.9. The third-order valence-electron chi connectivity index (χ3n) is 6.39. The Morgan fingerprint density at radius 1 is 1.07 bits per heavy atom. The van der Waals surface area contributed by atoms with Crippen molar-refractivity contribution in [2.24, 2.45) is 0 Å². The van der Waals surface area contributed by atoms with E-state index in [1.165, 1.54) is 23.0 Å². The molecular formula is C23H28N2O4S. The molecule has 30 heavy (non-hydrogen) atoms. The standard InChI is InChI=1S/C23H28N2O4S/c1-29-20-11-10-18(16-21(20)30(27,28)25-14-5-6-15-25)22(26)24-17-23(12-7-13-23)19-8-3-2-4-9-19/h2-4,8-11,16H,5-7,12-15,17H2,1H3,(H,24,26). The molecule has 1 amide bonds. The number of carbonyl (C=O) groups is 1. The molecule has 1 aliphatic carbocycles. The highest BCUT2D eigenvalue weighted by atomic mass is 32.2. The molecule has 1 saturated carbocycles. The van der Waals surface area contributed by atoms with Crippen LogP contribution in [0.2, 0.25) is 0 Å². The van der Waals surface area contributed by atoms with E-state index < -0.39 is 10.0 Å². The average Bonchev–Trinajstić information content (AvgIpc) is 3.29. The van der Waals surface area contributed by atoms with E-state index in [2.05, 4.69) is 17.4 Å². The molecule has 4 rings (SSSR count). The number of carbonyl (C=O) groups excluding carboxylic acids is 1. The first kappa shape index (κ1) is 20.9. The van der Waals surface area contributed by atoms with Gasteiger partial charge in [-0.25, -0.2) is 8.42 Å². The van der Waals surface area contributed by atoms with Crippen LogP contribution in [0.5, 0.6) is 5.75 Å². The number of ether oxygens (including phenoxy) is 1. The summed E-state index contributed by atoms with van der Waals surface area (Å²) in [7, 11) is -2.25. The Labute approximate surface area is 178 Å². The number of benzene rings is 2. The Bertz CT molecular complexity index is 1010. The molecule has 0 atom stereocenters. The SMILES string of the molecule is COc1ccc(C(=O)NCC2(c3ccccc3)CCC2)cc1S(=O)(=O)N1CCCC1. The van der Waals surface area contributed by atoms with Crippen LogP contribution in [0.1, 0.15) is 48.0 Å². The van der Waals surface area contributed by atoms with Gasteiger partial charge in [0.15, 0.2) is 0 Å². The van der Waals surface area contributed by atoms with E-state index in [4.69, 9.17) is 4.74 Å². The zero-order valence-electron chi connectivity index (χ0n) is 17.3. The lowest BCUT2D eigenvalue weighted by Crippen LogP contribution is -2.45. The molecule has 1 saturated heterocycles. The molecule has 1 heterocycles. The molecular weight excluding hydrogens is 400 g/mol. The van der Waals surface area contributed by atoms with E-state index in [-0.39, 0.29) is 22.0 Å². The van der Waals surface area contributed by atoms with Gasteiger partial charge in [0, 0.05) is 30.6 Å². The summed E-state index contributed by atoms with van der Waals surface area (Å²) in [5, 5.41) is 3.04. The van der Waals surface area contributed by atoms with Crippen molar-refractivity contribution in [3.63, 3.8) is 0 Å². The van der Waals surface area contributed by atoms with Crippen LogP contribution in [0, 0.1) is 0 Å². The van der Waals surface area contributed by atoms with E-state index in [9.17, 15) is 13.2 Å². The topological polar surface area (TPSA) is 75.7 Å². The number of methoxy groups -OCH3 is 1. The van der Waals surface area contributed by atoms with Crippen LogP contribution in [0.25, 0.3) is 0 Å². The first-order valence-electron chi connectivity index (χ1n) is 10.5. The molecule has 0 aromatic heterocycles. The summed E-state index contributed by atoms with van der Waals surface area (Å²) in [6.45, 7) is 1.54. The van der Waals surface area contributed by atoms with Crippen LogP contribution < -0.4 is 10.1 Å². The van der Waals surface area contributed by atoms with Gasteiger partial charge in [-0.2, -0.15) is 4.31 Å². The Morgan fingerprint density at radius 3 is 2.37 bits per heavy atom. The number of nitrogens with zero attached hydrogens (tertiary/aromatic N) is 1. The molecule has 2 aromatic carbocycles. The molecule has 0 unspecified atom stereocenters. The fourth-order valence-electron chi connectivity index (χ4n) is 4.40. The minimum Gasteiger partial charge on any atom is -0.495 e. The average molecular weight is 429 g/mol. The second-order valence-electron chi connectivity index (χ2n) is 8.16. The maximum absolute atomic E-state index is 13.1. The molecule has 2 fully saturated rings. The van der Waals surface area contributed by atoms with Gasteiger partial charge in [0.25, 0.3) is 5.91 Å². The van der Waals surface area contributed by atoms with Gasteiger partial charge >= 0.3 is 0 Å². The molecule has 2 aliphatic rings. The van der Waals surface area contributed by atoms with E-state index in [0.29, 0.717) is 25.2 Å². The summed E-state index contributed by atoms with van der Waals surface area (Å²) in [5.74, 6) is -0.00377. The zero-order valence-corrected chi connectivity index (χ0v) is 18.1. The molecule has 160 valence electrons. The maximum atomic E-state index is 13.1. The third-order valence-corrected chi connectivity index (χ3v) is 8.31. The Morgan fingerprint density at radius 2 is 1.77 bits per heavy atom. The van der Waals surface area contributed by atoms with Crippen molar-refractivity contribution < 1.29 is 17.9 Å². The van der Waals surface area contributed by atoms with Gasteiger partial charge in [-0.3, -0.25) is 4.79 Å². The molecule has 1 N–H and O–H groups in total. The lowest BCUT2D eigenvalue weighted by atomic mass is 9.64. The Kier molecular flexibility index (Phi) is 5.84. The second kappa shape index (κ2) is 8.40. The number of hydrogen-bond donors (Lipinski definition) is 1. The van der Waals surface area contributed by atoms with E-state index in [1.807, 2.05) is 18.2 Å². The summed E-state index contributed by atoms with van der Waals surface area (Å²) in [5.41, 5.74) is 1.54. The molecule has 0 radical (unpaired) electrons. The Balaban J connectivity index is 1.55. The summed E-state index contributed by atoms with van der Waals surface area (Å²) >= 11 is 0. The molecule has 2 aromatic rings. The van der Waals surface area contributed by atoms with Gasteiger partial charge in [0.05, 0.1) is 7.11 Å². The van der Waals surface area contributed by atoms with Crippen LogP contribution in [-0.4, -0.2) is 45.4 Å². The lowest BCUT2D eigenvalue weighted by Gasteiger charge is -2.42. The number of amides is 1. The van der Waals surface area contributed by atoms with Crippen molar-refractivity contribution in [3.8, 4) is 5.75 Å². The minimum absolute atomic E-state index is 0.0339. The quantitative estimate of drug-likeness (QED) is 0.734. The maximum Gasteiger partial charge on any atom is 0.251 e. The number of rotatable bonds is 7. The third kappa shape index (κ3) is 3.84. The summed E-state index contributed by atoms with van der Waals surface area (Å²) in [6.07, 6.45) is 4.92. The van der Waals surface area contributed by atoms with Gasteiger partial charge in [-0.15, -0.1) is 0 Å². The first-order chi connectivity index (χ1) is 14.5. The van der Waals surface area contributed by atoms with Gasteiger partial charge in [-0.05, 0) is 49.4 Å². The lowest BCUT2D eigenvalue weighted by molar-refractivity contribution is 0.0927. The van der Waals surface area contributed by atoms with Gasteiger partial charge in [-0.1, -0.05) is 36.8 Å². The van der Waals surface area contributed by atoms with Crippen LogP contribution in [0.3, 0.4) is 0 Å². The Hall–Kier alpha value is -2.38. The summed E-state index contributed by atoms with van der Waals surface area (Å²) in [4.78, 5) is 13.0. The van der Waals surface area contributed by atoms with Crippen molar-refractivity contribution in [2.45, 2.75) is 42.4 Å². The predicted octanol–water partition coefficient (Wildman–Crippen LogP) is 3.33. The number of nitrogens with one attached hydrogen (secondary N) is 1. The fourth-order valence-corrected chi connectivity index (χ4v) is 6.10. The highest BCUT2D eigenvalue weighted by Crippen LogP contribution is 2.43. The highest BCUT2D eigenvalue weighted by Gasteiger charge is 2.39. The molecule has 1 aliphatic heterocycles. The van der Waals surface area contributed by atoms with Crippen molar-refractivity contribution in [1.29, 1.82) is 0 Å². The van der Waals surface area contributed by atoms with Crippen molar-refractivity contribution in [2.75, 3.05) is 26.7 Å². The van der Waals surface area contributed by atoms with Crippen LogP contribution in [0.4, 0.5) is 0 Å². The number of sulfonamides is 1. The van der Waals surface area contributed by atoms with Crippen molar-refractivity contribution >= 4 is 15.9 Å². The molecule has 7 heteroatoms. The van der Waals surface area contributed by atoms with Crippen molar-refractivity contribution in [3.05, 3.63) is 59.7 Å². The van der Waals surface area contributed by atoms with Crippen LogP contribution in [-0.2, 0) is 15.4 Å². The molecule has 6 nitrogen and oxygen atoms in total. The largest absolute Gasteiger partial charge is 0.495 e. The van der Waals surface area contributed by atoms with E-state index in [0.717, 1.165) is 32.1 Å². The number of hydrogen-bond acceptors (Lipinski definition) is 4. The highest BCUT2D eigenvalue weighted by molar-refractivity contribution is 7.89. The second-order valence-corrected chi connectivity index (χ2v) is 10.1. The van der Waals surface area contributed by atoms with Crippen LogP contribution >= 0.6 is 0 Å². The monoisotopic (exact) mass is 428 g/mol. The minimum atomic E-state index is -3.69. The zero-order chi connectivity index (χ0) is 21.2. The first-order valence-corrected chi connectivity index (χ1v) is 11.9. The van der Waals surface area contributed by atoms with Gasteiger partial charge < -0.3 is 10.1 Å².